The lowest BCUT2D eigenvalue weighted by Gasteiger charge is -2.28. The maximum absolute atomic E-state index is 12.6. The van der Waals surface area contributed by atoms with Gasteiger partial charge in [-0.2, -0.15) is 0 Å². The van der Waals surface area contributed by atoms with E-state index in [0.29, 0.717) is 25.1 Å². The van der Waals surface area contributed by atoms with E-state index in [2.05, 4.69) is 10.3 Å². The van der Waals surface area contributed by atoms with E-state index in [9.17, 15) is 18.0 Å². The summed E-state index contributed by atoms with van der Waals surface area (Å²) < 4.78 is 23.0. The standard InChI is InChI=1S/C19H21N3O4S/c1-13(23)22-8-7-17-15(12-22)10-20-11-18(17)19(24)21-9-14-3-5-16(6-4-14)27(2,25)26/h3-6,10-11H,7-9,12H2,1-2H3,(H,21,24). The molecule has 2 heterocycles. The number of hydrogen-bond donors (Lipinski definition) is 1. The molecular weight excluding hydrogens is 366 g/mol. The normalized spacial score (nSPS) is 13.8. The number of amides is 2. The number of aromatic nitrogens is 1. The van der Waals surface area contributed by atoms with Crippen molar-refractivity contribution in [1.82, 2.24) is 15.2 Å². The first-order valence-electron chi connectivity index (χ1n) is 8.54. The van der Waals surface area contributed by atoms with Gasteiger partial charge in [-0.1, -0.05) is 12.1 Å². The zero-order valence-corrected chi connectivity index (χ0v) is 16.0. The van der Waals surface area contributed by atoms with Gasteiger partial charge in [0.15, 0.2) is 9.84 Å². The zero-order chi connectivity index (χ0) is 19.6. The quantitative estimate of drug-likeness (QED) is 0.854. The molecule has 27 heavy (non-hydrogen) atoms. The Morgan fingerprint density at radius 3 is 2.52 bits per heavy atom. The molecule has 2 amide bonds. The van der Waals surface area contributed by atoms with Crippen molar-refractivity contribution >= 4 is 21.7 Å². The van der Waals surface area contributed by atoms with Gasteiger partial charge in [0, 0.05) is 45.2 Å². The number of benzene rings is 1. The second kappa shape index (κ2) is 7.48. The molecule has 7 nitrogen and oxygen atoms in total. The van der Waals surface area contributed by atoms with E-state index in [0.717, 1.165) is 22.9 Å². The molecule has 1 aromatic heterocycles. The number of pyridine rings is 1. The van der Waals surface area contributed by atoms with Crippen LogP contribution in [0.4, 0.5) is 0 Å². The van der Waals surface area contributed by atoms with Crippen molar-refractivity contribution < 1.29 is 18.0 Å². The molecule has 0 radical (unpaired) electrons. The molecule has 3 rings (SSSR count). The molecule has 0 spiro atoms. The molecule has 0 saturated heterocycles. The minimum Gasteiger partial charge on any atom is -0.348 e. The number of carbonyl (C=O) groups excluding carboxylic acids is 2. The van der Waals surface area contributed by atoms with Crippen molar-refractivity contribution in [2.45, 2.75) is 31.3 Å². The first kappa shape index (κ1) is 19.0. The highest BCUT2D eigenvalue weighted by Gasteiger charge is 2.23. The van der Waals surface area contributed by atoms with Gasteiger partial charge >= 0.3 is 0 Å². The molecule has 0 atom stereocenters. The van der Waals surface area contributed by atoms with Crippen LogP contribution in [0.2, 0.25) is 0 Å². The second-order valence-corrected chi connectivity index (χ2v) is 8.63. The molecule has 1 N–H and O–H groups in total. The third-order valence-corrected chi connectivity index (χ3v) is 5.76. The minimum atomic E-state index is -3.24. The number of hydrogen-bond acceptors (Lipinski definition) is 5. The minimum absolute atomic E-state index is 0.00745. The summed E-state index contributed by atoms with van der Waals surface area (Å²) in [6.07, 6.45) is 5.02. The molecule has 142 valence electrons. The monoisotopic (exact) mass is 387 g/mol. The van der Waals surface area contributed by atoms with Crippen LogP contribution in [0.5, 0.6) is 0 Å². The largest absolute Gasteiger partial charge is 0.348 e. The van der Waals surface area contributed by atoms with Crippen LogP contribution in [0.3, 0.4) is 0 Å². The van der Waals surface area contributed by atoms with Gasteiger partial charge in [0.05, 0.1) is 10.5 Å². The van der Waals surface area contributed by atoms with Gasteiger partial charge in [0.2, 0.25) is 5.91 Å². The van der Waals surface area contributed by atoms with Crippen LogP contribution in [0, 0.1) is 0 Å². The maximum Gasteiger partial charge on any atom is 0.253 e. The van der Waals surface area contributed by atoms with Crippen molar-refractivity contribution in [2.24, 2.45) is 0 Å². The molecule has 1 aliphatic heterocycles. The van der Waals surface area contributed by atoms with Gasteiger partial charge in [-0.05, 0) is 35.2 Å². The Balaban J connectivity index is 1.71. The van der Waals surface area contributed by atoms with Crippen LogP contribution in [0.15, 0.2) is 41.6 Å². The average molecular weight is 387 g/mol. The highest BCUT2D eigenvalue weighted by molar-refractivity contribution is 7.90. The summed E-state index contributed by atoms with van der Waals surface area (Å²) in [4.78, 5) is 30.3. The summed E-state index contributed by atoms with van der Waals surface area (Å²) in [5.41, 5.74) is 3.13. The van der Waals surface area contributed by atoms with Gasteiger partial charge in [0.1, 0.15) is 0 Å². The number of sulfone groups is 1. The molecule has 0 aliphatic carbocycles. The molecule has 0 saturated carbocycles. The summed E-state index contributed by atoms with van der Waals surface area (Å²) >= 11 is 0. The molecule has 1 aromatic carbocycles. The Hall–Kier alpha value is -2.74. The topological polar surface area (TPSA) is 96.4 Å². The van der Waals surface area contributed by atoms with Crippen LogP contribution in [0.25, 0.3) is 0 Å². The number of nitrogens with one attached hydrogen (secondary N) is 1. The lowest BCUT2D eigenvalue weighted by atomic mass is 9.96. The van der Waals surface area contributed by atoms with Crippen LogP contribution in [0.1, 0.15) is 34.0 Å². The molecule has 8 heteroatoms. The molecule has 0 unspecified atom stereocenters. The number of nitrogens with zero attached hydrogens (tertiary/aromatic N) is 2. The van der Waals surface area contributed by atoms with Gasteiger partial charge < -0.3 is 10.2 Å². The van der Waals surface area contributed by atoms with Gasteiger partial charge in [-0.15, -0.1) is 0 Å². The van der Waals surface area contributed by atoms with E-state index in [1.165, 1.54) is 19.1 Å². The Bertz CT molecular complexity index is 985. The predicted molar refractivity (Wildman–Crippen MR) is 99.8 cm³/mol. The fourth-order valence-corrected chi connectivity index (χ4v) is 3.72. The summed E-state index contributed by atoms with van der Waals surface area (Å²) in [6, 6.07) is 6.42. The van der Waals surface area contributed by atoms with Gasteiger partial charge in [-0.25, -0.2) is 8.42 Å². The SMILES string of the molecule is CC(=O)N1CCc2c(cncc2C(=O)NCc2ccc(S(C)(=O)=O)cc2)C1. The highest BCUT2D eigenvalue weighted by atomic mass is 32.2. The molecule has 0 fully saturated rings. The van der Waals surface area contributed by atoms with E-state index in [-0.39, 0.29) is 23.3 Å². The molecule has 2 aromatic rings. The second-order valence-electron chi connectivity index (χ2n) is 6.61. The zero-order valence-electron chi connectivity index (χ0n) is 15.2. The lowest BCUT2D eigenvalue weighted by molar-refractivity contribution is -0.129. The van der Waals surface area contributed by atoms with Gasteiger partial charge in [-0.3, -0.25) is 14.6 Å². The smallest absolute Gasteiger partial charge is 0.253 e. The Morgan fingerprint density at radius 2 is 1.89 bits per heavy atom. The lowest BCUT2D eigenvalue weighted by Crippen LogP contribution is -2.36. The van der Waals surface area contributed by atoms with Crippen molar-refractivity contribution in [1.29, 1.82) is 0 Å². The number of rotatable bonds is 4. The molecule has 0 bridgehead atoms. The first-order valence-corrected chi connectivity index (χ1v) is 10.4. The van der Waals surface area contributed by atoms with Gasteiger partial charge in [0.25, 0.3) is 5.91 Å². The van der Waals surface area contributed by atoms with Crippen molar-refractivity contribution in [3.05, 3.63) is 58.9 Å². The number of carbonyl (C=O) groups is 2. The highest BCUT2D eigenvalue weighted by Crippen LogP contribution is 2.22. The van der Waals surface area contributed by atoms with E-state index in [1.54, 1.807) is 29.4 Å². The van der Waals surface area contributed by atoms with Crippen LogP contribution in [-0.2, 0) is 34.1 Å². The Morgan fingerprint density at radius 1 is 1.19 bits per heavy atom. The van der Waals surface area contributed by atoms with E-state index in [1.807, 2.05) is 0 Å². The van der Waals surface area contributed by atoms with E-state index in [4.69, 9.17) is 0 Å². The van der Waals surface area contributed by atoms with Crippen molar-refractivity contribution in [2.75, 3.05) is 12.8 Å². The van der Waals surface area contributed by atoms with E-state index >= 15 is 0 Å². The van der Waals surface area contributed by atoms with Crippen LogP contribution in [-0.4, -0.2) is 42.9 Å². The van der Waals surface area contributed by atoms with Crippen molar-refractivity contribution in [3.8, 4) is 0 Å². The fourth-order valence-electron chi connectivity index (χ4n) is 3.09. The predicted octanol–water partition coefficient (Wildman–Crippen LogP) is 1.32. The van der Waals surface area contributed by atoms with E-state index < -0.39 is 9.84 Å². The Labute approximate surface area is 158 Å². The summed E-state index contributed by atoms with van der Waals surface area (Å²) in [7, 11) is -3.24. The van der Waals surface area contributed by atoms with Crippen molar-refractivity contribution in [3.63, 3.8) is 0 Å². The number of fused-ring (bicyclic) bond motifs is 1. The third-order valence-electron chi connectivity index (χ3n) is 4.63. The Kier molecular flexibility index (Phi) is 5.27. The molecular formula is C19H21N3O4S. The van der Waals surface area contributed by atoms with Crippen LogP contribution < -0.4 is 5.32 Å². The molecule has 1 aliphatic rings. The first-order chi connectivity index (χ1) is 12.8. The average Bonchev–Trinajstić information content (AvgIpc) is 2.64. The van der Waals surface area contributed by atoms with Crippen LogP contribution >= 0.6 is 0 Å². The fraction of sp³-hybridized carbons (Fsp3) is 0.316. The summed E-state index contributed by atoms with van der Waals surface area (Å²) in [6.45, 7) is 2.86. The third kappa shape index (κ3) is 4.33. The summed E-state index contributed by atoms with van der Waals surface area (Å²) in [5, 5.41) is 2.85. The summed E-state index contributed by atoms with van der Waals surface area (Å²) in [5.74, 6) is -0.226. The maximum atomic E-state index is 12.6.